The summed E-state index contributed by atoms with van der Waals surface area (Å²) in [5, 5.41) is 0. The van der Waals surface area contributed by atoms with E-state index < -0.39 is 0 Å². The average molecular weight is 364 g/mol. The minimum absolute atomic E-state index is 0.00826. The third-order valence-electron chi connectivity index (χ3n) is 4.96. The Balaban J connectivity index is 1.87. The third-order valence-corrected chi connectivity index (χ3v) is 4.96. The smallest absolute Gasteiger partial charge is 0.122 e. The Hall–Kier alpha value is -2.71. The van der Waals surface area contributed by atoms with Crippen LogP contribution in [0.15, 0.2) is 54.9 Å². The maximum absolute atomic E-state index is 5.56. The van der Waals surface area contributed by atoms with Crippen LogP contribution in [0.2, 0.25) is 0 Å². The fraction of sp³-hybridized carbons (Fsp3) is 0.250. The van der Waals surface area contributed by atoms with E-state index in [2.05, 4.69) is 63.7 Å². The zero-order valence-electron chi connectivity index (χ0n) is 15.7. The van der Waals surface area contributed by atoms with Crippen molar-refractivity contribution in [2.75, 3.05) is 7.11 Å². The third kappa shape index (κ3) is 3.33. The second kappa shape index (κ2) is 7.50. The van der Waals surface area contributed by atoms with Gasteiger partial charge in [-0.2, -0.15) is 11.1 Å². The molecule has 2 heterocycles. The molecular formula is C20H24N6O. The van der Waals surface area contributed by atoms with E-state index in [0.717, 1.165) is 33.8 Å². The van der Waals surface area contributed by atoms with E-state index >= 15 is 0 Å². The van der Waals surface area contributed by atoms with E-state index in [1.165, 1.54) is 0 Å². The summed E-state index contributed by atoms with van der Waals surface area (Å²) in [7, 11) is 1.70. The second-order valence-electron chi connectivity index (χ2n) is 6.66. The molecule has 4 rings (SSSR count). The summed E-state index contributed by atoms with van der Waals surface area (Å²) < 4.78 is 7.74. The van der Waals surface area contributed by atoms with E-state index in [4.69, 9.17) is 9.72 Å². The van der Waals surface area contributed by atoms with Crippen molar-refractivity contribution >= 4 is 0 Å². The normalized spacial score (nSPS) is 15.8. The molecule has 1 aliphatic heterocycles. The van der Waals surface area contributed by atoms with Gasteiger partial charge in [0.25, 0.3) is 0 Å². The van der Waals surface area contributed by atoms with Gasteiger partial charge in [0.05, 0.1) is 30.9 Å². The number of imidazole rings is 1. The number of nitrogens with zero attached hydrogens (tertiary/aromatic N) is 2. The zero-order valence-corrected chi connectivity index (χ0v) is 15.7. The summed E-state index contributed by atoms with van der Waals surface area (Å²) in [6, 6.07) is 16.6. The van der Waals surface area contributed by atoms with Crippen LogP contribution in [0, 0.1) is 6.92 Å². The van der Waals surface area contributed by atoms with Gasteiger partial charge >= 0.3 is 0 Å². The average Bonchev–Trinajstić information content (AvgIpc) is 3.39. The molecule has 7 heteroatoms. The first-order valence-corrected chi connectivity index (χ1v) is 8.97. The van der Waals surface area contributed by atoms with Gasteiger partial charge in [-0.25, -0.2) is 15.8 Å². The first-order chi connectivity index (χ1) is 13.2. The summed E-state index contributed by atoms with van der Waals surface area (Å²) >= 11 is 0. The van der Waals surface area contributed by atoms with Gasteiger partial charge in [0, 0.05) is 11.1 Å². The van der Waals surface area contributed by atoms with Crippen molar-refractivity contribution in [3.63, 3.8) is 0 Å². The maximum Gasteiger partial charge on any atom is 0.122 e. The lowest BCUT2D eigenvalue weighted by atomic mass is 10.0. The van der Waals surface area contributed by atoms with E-state index in [9.17, 15) is 0 Å². The molecule has 0 amide bonds. The zero-order chi connectivity index (χ0) is 18.8. The number of nitrogens with one attached hydrogen (secondary N) is 4. The molecule has 140 valence electrons. The molecule has 2 aromatic carbocycles. The van der Waals surface area contributed by atoms with Gasteiger partial charge < -0.3 is 9.30 Å². The standard InChI is InChI=1S/C20H24N6O/c1-13-9-10-16(11-17(13)27-3)19-18(15-7-5-4-6-8-15)21-12-26(19)14(2)20-22-24-25-23-20/h4-12,14,20,22-25H,1-3H3. The molecule has 27 heavy (non-hydrogen) atoms. The summed E-state index contributed by atoms with van der Waals surface area (Å²) in [6.45, 7) is 4.19. The van der Waals surface area contributed by atoms with Gasteiger partial charge in [-0.15, -0.1) is 0 Å². The van der Waals surface area contributed by atoms with Gasteiger partial charge in [-0.1, -0.05) is 42.5 Å². The number of aromatic nitrogens is 2. The number of benzene rings is 2. The second-order valence-corrected chi connectivity index (χ2v) is 6.66. The fourth-order valence-electron chi connectivity index (χ4n) is 3.40. The van der Waals surface area contributed by atoms with Crippen LogP contribution < -0.4 is 26.7 Å². The molecule has 1 fully saturated rings. The molecule has 0 bridgehead atoms. The summed E-state index contributed by atoms with van der Waals surface area (Å²) in [4.78, 5) is 4.76. The lowest BCUT2D eigenvalue weighted by Crippen LogP contribution is -2.40. The fourth-order valence-corrected chi connectivity index (χ4v) is 3.40. The lowest BCUT2D eigenvalue weighted by Gasteiger charge is -2.23. The minimum atomic E-state index is 0.00826. The number of hydrogen-bond acceptors (Lipinski definition) is 6. The van der Waals surface area contributed by atoms with Crippen molar-refractivity contribution < 1.29 is 4.74 Å². The molecule has 0 saturated carbocycles. The molecule has 3 aromatic rings. The van der Waals surface area contributed by atoms with Crippen molar-refractivity contribution in [1.82, 2.24) is 31.5 Å². The van der Waals surface area contributed by atoms with Crippen LogP contribution in [0.1, 0.15) is 18.5 Å². The van der Waals surface area contributed by atoms with Crippen LogP contribution in [0.25, 0.3) is 22.5 Å². The van der Waals surface area contributed by atoms with Crippen LogP contribution in [-0.4, -0.2) is 22.8 Å². The molecule has 1 aliphatic rings. The van der Waals surface area contributed by atoms with Gasteiger partial charge in [0.1, 0.15) is 11.9 Å². The highest BCUT2D eigenvalue weighted by Gasteiger charge is 2.26. The number of hydrogen-bond donors (Lipinski definition) is 4. The Morgan fingerprint density at radius 3 is 2.48 bits per heavy atom. The van der Waals surface area contributed by atoms with Crippen molar-refractivity contribution in [2.24, 2.45) is 0 Å². The number of aryl methyl sites for hydroxylation is 1. The Bertz CT molecular complexity index is 917. The van der Waals surface area contributed by atoms with Crippen LogP contribution in [0.4, 0.5) is 0 Å². The van der Waals surface area contributed by atoms with Crippen LogP contribution in [0.5, 0.6) is 5.75 Å². The lowest BCUT2D eigenvalue weighted by molar-refractivity contribution is 0.368. The molecule has 4 N–H and O–H groups in total. The number of ether oxygens (including phenoxy) is 1. The summed E-state index contributed by atoms with van der Waals surface area (Å²) in [5.74, 6) is 0.868. The summed E-state index contributed by atoms with van der Waals surface area (Å²) in [6.07, 6.45) is 1.91. The monoisotopic (exact) mass is 364 g/mol. The Morgan fingerprint density at radius 2 is 1.78 bits per heavy atom. The first-order valence-electron chi connectivity index (χ1n) is 8.97. The number of rotatable bonds is 5. The first kappa shape index (κ1) is 17.7. The molecule has 1 saturated heterocycles. The predicted octanol–water partition coefficient (Wildman–Crippen LogP) is 2.54. The van der Waals surface area contributed by atoms with Crippen LogP contribution in [0.3, 0.4) is 0 Å². The Kier molecular flexibility index (Phi) is 4.91. The maximum atomic E-state index is 5.56. The molecule has 0 spiro atoms. The van der Waals surface area contributed by atoms with E-state index in [1.807, 2.05) is 31.5 Å². The highest BCUT2D eigenvalue weighted by molar-refractivity contribution is 5.79. The quantitative estimate of drug-likeness (QED) is 0.558. The number of methoxy groups -OCH3 is 1. The topological polar surface area (TPSA) is 75.2 Å². The van der Waals surface area contributed by atoms with Gasteiger partial charge in [0.15, 0.2) is 0 Å². The largest absolute Gasteiger partial charge is 0.496 e. The van der Waals surface area contributed by atoms with E-state index in [0.29, 0.717) is 0 Å². The van der Waals surface area contributed by atoms with Crippen molar-refractivity contribution in [3.8, 4) is 28.3 Å². The Morgan fingerprint density at radius 1 is 1.04 bits per heavy atom. The van der Waals surface area contributed by atoms with Crippen LogP contribution in [-0.2, 0) is 0 Å². The van der Waals surface area contributed by atoms with E-state index in [-0.39, 0.29) is 12.2 Å². The van der Waals surface area contributed by atoms with Crippen molar-refractivity contribution in [2.45, 2.75) is 26.1 Å². The van der Waals surface area contributed by atoms with E-state index in [1.54, 1.807) is 7.11 Å². The highest BCUT2D eigenvalue weighted by atomic mass is 16.5. The van der Waals surface area contributed by atoms with Gasteiger partial charge in [-0.3, -0.25) is 0 Å². The van der Waals surface area contributed by atoms with Gasteiger partial charge in [-0.05, 0) is 25.5 Å². The van der Waals surface area contributed by atoms with Crippen LogP contribution >= 0.6 is 0 Å². The predicted molar refractivity (Wildman–Crippen MR) is 105 cm³/mol. The molecule has 1 unspecified atom stereocenters. The molecule has 0 aliphatic carbocycles. The summed E-state index contributed by atoms with van der Waals surface area (Å²) in [5.41, 5.74) is 17.4. The highest BCUT2D eigenvalue weighted by Crippen LogP contribution is 2.36. The molecular weight excluding hydrogens is 340 g/mol. The van der Waals surface area contributed by atoms with Crippen molar-refractivity contribution in [1.29, 1.82) is 0 Å². The molecule has 0 radical (unpaired) electrons. The van der Waals surface area contributed by atoms with Gasteiger partial charge in [0.2, 0.25) is 0 Å². The Labute approximate surface area is 158 Å². The van der Waals surface area contributed by atoms with Crippen molar-refractivity contribution in [3.05, 3.63) is 60.4 Å². The molecule has 1 aromatic heterocycles. The SMILES string of the molecule is COc1cc(-c2c(-c3ccccc3)ncn2C(C)C2NNNN2)ccc1C. The minimum Gasteiger partial charge on any atom is -0.496 e. The number of hydrazine groups is 3. The molecule has 7 nitrogen and oxygen atoms in total. The molecule has 1 atom stereocenters.